The summed E-state index contributed by atoms with van der Waals surface area (Å²) in [6, 6.07) is 0.880. The van der Waals surface area contributed by atoms with Crippen LogP contribution in [0.1, 0.15) is 40.5 Å². The molecular formula is C10H24N2. The molecule has 0 aromatic carbocycles. The van der Waals surface area contributed by atoms with Crippen LogP contribution in [0.15, 0.2) is 0 Å². The fourth-order valence-corrected chi connectivity index (χ4v) is 1.04. The van der Waals surface area contributed by atoms with Crippen molar-refractivity contribution in [1.82, 2.24) is 5.32 Å². The normalized spacial score (nSPS) is 14.2. The molecule has 0 amide bonds. The van der Waals surface area contributed by atoms with Crippen LogP contribution in [0.5, 0.6) is 0 Å². The molecule has 0 heterocycles. The van der Waals surface area contributed by atoms with E-state index in [4.69, 9.17) is 5.73 Å². The molecule has 0 aliphatic heterocycles. The quantitative estimate of drug-likeness (QED) is 0.640. The summed E-state index contributed by atoms with van der Waals surface area (Å²) in [5.74, 6) is 0.773. The van der Waals surface area contributed by atoms with E-state index in [0.717, 1.165) is 18.9 Å². The third-order valence-electron chi connectivity index (χ3n) is 1.90. The lowest BCUT2D eigenvalue weighted by atomic mass is 10.0. The first-order valence-corrected chi connectivity index (χ1v) is 5.01. The standard InChI is InChI=1S/C10H24N2/c1-8(2)5-6-10(11)7-12-9(3)4/h8-10,12H,5-7,11H2,1-4H3. The SMILES string of the molecule is CC(C)CCC(N)CNC(C)C. The van der Waals surface area contributed by atoms with Gasteiger partial charge in [-0.3, -0.25) is 0 Å². The van der Waals surface area contributed by atoms with Crippen LogP contribution in [0.25, 0.3) is 0 Å². The molecule has 3 N–H and O–H groups in total. The molecule has 0 aliphatic rings. The number of hydrogen-bond donors (Lipinski definition) is 2. The van der Waals surface area contributed by atoms with Crippen molar-refractivity contribution < 1.29 is 0 Å². The Morgan fingerprint density at radius 3 is 2.08 bits per heavy atom. The van der Waals surface area contributed by atoms with Gasteiger partial charge in [0.2, 0.25) is 0 Å². The zero-order valence-corrected chi connectivity index (χ0v) is 8.93. The Bertz CT molecular complexity index is 88.0. The van der Waals surface area contributed by atoms with Crippen LogP contribution < -0.4 is 11.1 Å². The fraction of sp³-hybridized carbons (Fsp3) is 1.00. The van der Waals surface area contributed by atoms with Crippen molar-refractivity contribution in [1.29, 1.82) is 0 Å². The molecule has 0 rings (SSSR count). The molecule has 0 saturated heterocycles. The van der Waals surface area contributed by atoms with Gasteiger partial charge in [0.25, 0.3) is 0 Å². The van der Waals surface area contributed by atoms with Gasteiger partial charge in [0.05, 0.1) is 0 Å². The first kappa shape index (κ1) is 11.9. The molecule has 0 spiro atoms. The molecular weight excluding hydrogens is 148 g/mol. The Labute approximate surface area is 76.9 Å². The fourth-order valence-electron chi connectivity index (χ4n) is 1.04. The Morgan fingerprint density at radius 1 is 1.08 bits per heavy atom. The maximum atomic E-state index is 5.91. The van der Waals surface area contributed by atoms with Gasteiger partial charge < -0.3 is 11.1 Å². The maximum Gasteiger partial charge on any atom is 0.0165 e. The molecule has 0 aromatic rings. The minimum atomic E-state index is 0.329. The topological polar surface area (TPSA) is 38.0 Å². The Balaban J connectivity index is 3.27. The molecule has 0 bridgehead atoms. The van der Waals surface area contributed by atoms with Gasteiger partial charge in [-0.05, 0) is 18.8 Å². The van der Waals surface area contributed by atoms with E-state index in [0.29, 0.717) is 12.1 Å². The highest BCUT2D eigenvalue weighted by Crippen LogP contribution is 2.04. The maximum absolute atomic E-state index is 5.91. The van der Waals surface area contributed by atoms with E-state index in [1.165, 1.54) is 6.42 Å². The molecule has 2 heteroatoms. The second-order valence-corrected chi connectivity index (χ2v) is 4.29. The Kier molecular flexibility index (Phi) is 6.39. The van der Waals surface area contributed by atoms with Crippen molar-refractivity contribution >= 4 is 0 Å². The van der Waals surface area contributed by atoms with Gasteiger partial charge in [0.15, 0.2) is 0 Å². The van der Waals surface area contributed by atoms with E-state index in [9.17, 15) is 0 Å². The molecule has 2 nitrogen and oxygen atoms in total. The average Bonchev–Trinajstić information content (AvgIpc) is 1.96. The van der Waals surface area contributed by atoms with Crippen LogP contribution in [0.3, 0.4) is 0 Å². The van der Waals surface area contributed by atoms with E-state index in [1.807, 2.05) is 0 Å². The van der Waals surface area contributed by atoms with Gasteiger partial charge in [0, 0.05) is 18.6 Å². The first-order valence-electron chi connectivity index (χ1n) is 5.01. The summed E-state index contributed by atoms with van der Waals surface area (Å²) in [7, 11) is 0. The van der Waals surface area contributed by atoms with Gasteiger partial charge in [-0.2, -0.15) is 0 Å². The van der Waals surface area contributed by atoms with Gasteiger partial charge in [-0.1, -0.05) is 27.7 Å². The number of nitrogens with two attached hydrogens (primary N) is 1. The first-order chi connectivity index (χ1) is 5.52. The average molecular weight is 172 g/mol. The van der Waals surface area contributed by atoms with Crippen molar-refractivity contribution in [2.45, 2.75) is 52.6 Å². The van der Waals surface area contributed by atoms with Crippen LogP contribution in [0.4, 0.5) is 0 Å². The van der Waals surface area contributed by atoms with Gasteiger partial charge in [-0.15, -0.1) is 0 Å². The van der Waals surface area contributed by atoms with E-state index in [2.05, 4.69) is 33.0 Å². The highest BCUT2D eigenvalue weighted by Gasteiger charge is 2.04. The predicted octanol–water partition coefficient (Wildman–Crippen LogP) is 1.75. The second-order valence-electron chi connectivity index (χ2n) is 4.29. The summed E-state index contributed by atoms with van der Waals surface area (Å²) in [4.78, 5) is 0. The highest BCUT2D eigenvalue weighted by molar-refractivity contribution is 4.66. The molecule has 0 fully saturated rings. The monoisotopic (exact) mass is 172 g/mol. The molecule has 1 unspecified atom stereocenters. The summed E-state index contributed by atoms with van der Waals surface area (Å²) in [5.41, 5.74) is 5.91. The molecule has 0 radical (unpaired) electrons. The lowest BCUT2D eigenvalue weighted by Gasteiger charge is -2.15. The molecule has 0 saturated carbocycles. The molecule has 0 aliphatic carbocycles. The minimum Gasteiger partial charge on any atom is -0.327 e. The van der Waals surface area contributed by atoms with Crippen molar-refractivity contribution in [2.75, 3.05) is 6.54 Å². The highest BCUT2D eigenvalue weighted by atomic mass is 14.9. The summed E-state index contributed by atoms with van der Waals surface area (Å²) < 4.78 is 0. The zero-order chi connectivity index (χ0) is 9.56. The second kappa shape index (κ2) is 6.44. The largest absolute Gasteiger partial charge is 0.327 e. The summed E-state index contributed by atoms with van der Waals surface area (Å²) in [6.45, 7) is 9.72. The van der Waals surface area contributed by atoms with E-state index in [-0.39, 0.29) is 0 Å². The van der Waals surface area contributed by atoms with Crippen LogP contribution in [0.2, 0.25) is 0 Å². The molecule has 74 valence electrons. The van der Waals surface area contributed by atoms with Crippen molar-refractivity contribution in [3.8, 4) is 0 Å². The van der Waals surface area contributed by atoms with Gasteiger partial charge in [0.1, 0.15) is 0 Å². The van der Waals surface area contributed by atoms with Gasteiger partial charge >= 0.3 is 0 Å². The lowest BCUT2D eigenvalue weighted by Crippen LogP contribution is -2.37. The number of hydrogen-bond acceptors (Lipinski definition) is 2. The lowest BCUT2D eigenvalue weighted by molar-refractivity contribution is 0.457. The van der Waals surface area contributed by atoms with E-state index in [1.54, 1.807) is 0 Å². The minimum absolute atomic E-state index is 0.329. The Morgan fingerprint density at radius 2 is 1.67 bits per heavy atom. The van der Waals surface area contributed by atoms with Crippen LogP contribution in [-0.4, -0.2) is 18.6 Å². The van der Waals surface area contributed by atoms with Crippen molar-refractivity contribution in [2.24, 2.45) is 11.7 Å². The van der Waals surface area contributed by atoms with Crippen LogP contribution >= 0.6 is 0 Å². The van der Waals surface area contributed by atoms with E-state index >= 15 is 0 Å². The van der Waals surface area contributed by atoms with Crippen LogP contribution in [-0.2, 0) is 0 Å². The van der Waals surface area contributed by atoms with Crippen LogP contribution in [0, 0.1) is 5.92 Å². The third kappa shape index (κ3) is 8.02. The summed E-state index contributed by atoms with van der Waals surface area (Å²) in [5, 5.41) is 3.34. The molecule has 12 heavy (non-hydrogen) atoms. The zero-order valence-electron chi connectivity index (χ0n) is 8.93. The predicted molar refractivity (Wildman–Crippen MR) is 55.2 cm³/mol. The molecule has 0 aromatic heterocycles. The summed E-state index contributed by atoms with van der Waals surface area (Å²) >= 11 is 0. The smallest absolute Gasteiger partial charge is 0.0165 e. The third-order valence-corrected chi connectivity index (χ3v) is 1.90. The van der Waals surface area contributed by atoms with Crippen molar-refractivity contribution in [3.05, 3.63) is 0 Å². The summed E-state index contributed by atoms with van der Waals surface area (Å²) in [6.07, 6.45) is 2.37. The van der Waals surface area contributed by atoms with E-state index < -0.39 is 0 Å². The Hall–Kier alpha value is -0.0800. The molecule has 1 atom stereocenters. The number of nitrogens with one attached hydrogen (secondary N) is 1. The van der Waals surface area contributed by atoms with Crippen molar-refractivity contribution in [3.63, 3.8) is 0 Å². The number of rotatable bonds is 6. The van der Waals surface area contributed by atoms with Gasteiger partial charge in [-0.25, -0.2) is 0 Å².